The second-order valence-corrected chi connectivity index (χ2v) is 6.51. The monoisotopic (exact) mass is 331 g/mol. The van der Waals surface area contributed by atoms with Crippen LogP contribution in [0.4, 0.5) is 0 Å². The normalized spacial score (nSPS) is 21.8. The molecule has 0 unspecified atom stereocenters. The Bertz CT molecular complexity index is 818. The van der Waals surface area contributed by atoms with E-state index in [4.69, 9.17) is 20.4 Å². The Morgan fingerprint density at radius 1 is 1.09 bits per heavy atom. The zero-order chi connectivity index (χ0) is 15.8. The lowest BCUT2D eigenvalue weighted by molar-refractivity contribution is 0.318. The number of nitrogens with zero attached hydrogens (tertiary/aromatic N) is 2. The van der Waals surface area contributed by atoms with Crippen molar-refractivity contribution in [2.45, 2.75) is 37.6 Å². The van der Waals surface area contributed by atoms with Gasteiger partial charge in [0.05, 0.1) is 0 Å². The van der Waals surface area contributed by atoms with Crippen molar-refractivity contribution in [2.75, 3.05) is 7.05 Å². The third-order valence-electron chi connectivity index (χ3n) is 4.61. The van der Waals surface area contributed by atoms with E-state index >= 15 is 0 Å². The van der Waals surface area contributed by atoms with Crippen molar-refractivity contribution >= 4 is 22.6 Å². The lowest BCUT2D eigenvalue weighted by Crippen LogP contribution is -2.29. The Kier molecular flexibility index (Phi) is 3.83. The van der Waals surface area contributed by atoms with Crippen molar-refractivity contribution in [3.8, 4) is 11.7 Å². The van der Waals surface area contributed by atoms with Crippen LogP contribution in [0.5, 0.6) is 0 Å². The Morgan fingerprint density at radius 3 is 2.70 bits per heavy atom. The maximum absolute atomic E-state index is 6.01. The molecule has 0 atom stereocenters. The fraction of sp³-hybridized carbons (Fsp3) is 0.412. The van der Waals surface area contributed by atoms with Crippen molar-refractivity contribution in [1.29, 1.82) is 0 Å². The first-order chi connectivity index (χ1) is 11.2. The summed E-state index contributed by atoms with van der Waals surface area (Å²) in [5, 5.41) is 13.3. The minimum Gasteiger partial charge on any atom is -0.451 e. The predicted molar refractivity (Wildman–Crippen MR) is 88.6 cm³/mol. The van der Waals surface area contributed by atoms with Crippen LogP contribution in [0.15, 0.2) is 33.1 Å². The summed E-state index contributed by atoms with van der Waals surface area (Å²) in [5.41, 5.74) is 0.763. The number of hydrogen-bond donors (Lipinski definition) is 1. The van der Waals surface area contributed by atoms with E-state index in [-0.39, 0.29) is 0 Å². The van der Waals surface area contributed by atoms with Gasteiger partial charge in [-0.25, -0.2) is 0 Å². The molecule has 0 bridgehead atoms. The highest BCUT2D eigenvalue weighted by atomic mass is 35.5. The molecule has 1 aliphatic rings. The summed E-state index contributed by atoms with van der Waals surface area (Å²) in [5.74, 6) is 2.08. The van der Waals surface area contributed by atoms with Gasteiger partial charge >= 0.3 is 0 Å². The minimum atomic E-state index is 0.347. The van der Waals surface area contributed by atoms with Gasteiger partial charge in [0, 0.05) is 22.4 Å². The maximum Gasteiger partial charge on any atom is 0.283 e. The summed E-state index contributed by atoms with van der Waals surface area (Å²) in [6.07, 6.45) is 4.43. The molecule has 3 aromatic rings. The fourth-order valence-electron chi connectivity index (χ4n) is 3.25. The largest absolute Gasteiger partial charge is 0.451 e. The summed E-state index contributed by atoms with van der Waals surface area (Å²) < 4.78 is 11.6. The van der Waals surface area contributed by atoms with Crippen molar-refractivity contribution in [1.82, 2.24) is 15.5 Å². The lowest BCUT2D eigenvalue weighted by Gasteiger charge is -2.25. The SMILES string of the molecule is CN[C@H]1CC[C@H](c2nnc(-c3cc4cc(Cl)ccc4o3)o2)CC1. The smallest absolute Gasteiger partial charge is 0.283 e. The van der Waals surface area contributed by atoms with Gasteiger partial charge in [-0.15, -0.1) is 10.2 Å². The fourth-order valence-corrected chi connectivity index (χ4v) is 3.43. The number of nitrogens with one attached hydrogen (secondary N) is 1. The molecule has 0 amide bonds. The van der Waals surface area contributed by atoms with Crippen LogP contribution >= 0.6 is 11.6 Å². The van der Waals surface area contributed by atoms with E-state index in [2.05, 4.69) is 15.5 Å². The molecule has 1 saturated carbocycles. The molecular weight excluding hydrogens is 314 g/mol. The third kappa shape index (κ3) is 2.86. The molecule has 1 N–H and O–H groups in total. The van der Waals surface area contributed by atoms with E-state index in [1.165, 1.54) is 0 Å². The number of fused-ring (bicyclic) bond motifs is 1. The average molecular weight is 332 g/mol. The van der Waals surface area contributed by atoms with Gasteiger partial charge in [-0.05, 0) is 57.0 Å². The molecule has 0 saturated heterocycles. The summed E-state index contributed by atoms with van der Waals surface area (Å²) in [4.78, 5) is 0. The number of hydrogen-bond acceptors (Lipinski definition) is 5. The molecule has 1 aliphatic carbocycles. The molecule has 120 valence electrons. The van der Waals surface area contributed by atoms with Crippen LogP contribution in [-0.4, -0.2) is 23.3 Å². The molecule has 2 heterocycles. The Hall–Kier alpha value is -1.85. The predicted octanol–water partition coefficient (Wildman–Crippen LogP) is 4.38. The Balaban J connectivity index is 1.57. The molecular formula is C17H18ClN3O2. The van der Waals surface area contributed by atoms with Gasteiger partial charge in [0.25, 0.3) is 5.89 Å². The first-order valence-corrected chi connectivity index (χ1v) is 8.31. The van der Waals surface area contributed by atoms with Gasteiger partial charge in [-0.1, -0.05) is 11.6 Å². The molecule has 5 nitrogen and oxygen atoms in total. The molecule has 0 aliphatic heterocycles. The van der Waals surface area contributed by atoms with Crippen molar-refractivity contribution in [3.05, 3.63) is 35.2 Å². The van der Waals surface area contributed by atoms with Crippen LogP contribution in [0.25, 0.3) is 22.6 Å². The van der Waals surface area contributed by atoms with Crippen LogP contribution in [0.1, 0.15) is 37.5 Å². The molecule has 4 rings (SSSR count). The first-order valence-electron chi connectivity index (χ1n) is 7.93. The average Bonchev–Trinajstić information content (AvgIpc) is 3.21. The van der Waals surface area contributed by atoms with Crippen LogP contribution in [0, 0.1) is 0 Å². The molecule has 2 aromatic heterocycles. The van der Waals surface area contributed by atoms with Gasteiger partial charge in [-0.3, -0.25) is 0 Å². The quantitative estimate of drug-likeness (QED) is 0.771. The van der Waals surface area contributed by atoms with Crippen molar-refractivity contribution in [3.63, 3.8) is 0 Å². The standard InChI is InChI=1S/C17H18ClN3O2/c1-19-13-5-2-10(3-6-13)16-20-21-17(23-16)15-9-11-8-12(18)4-7-14(11)22-15/h4,7-10,13,19H,2-3,5-6H2,1H3/t10-,13-. The summed E-state index contributed by atoms with van der Waals surface area (Å²) >= 11 is 6.01. The van der Waals surface area contributed by atoms with Crippen LogP contribution in [-0.2, 0) is 0 Å². The highest BCUT2D eigenvalue weighted by Crippen LogP contribution is 2.34. The number of halogens is 1. The number of rotatable bonds is 3. The van der Waals surface area contributed by atoms with E-state index in [9.17, 15) is 0 Å². The van der Waals surface area contributed by atoms with E-state index < -0.39 is 0 Å². The van der Waals surface area contributed by atoms with Crippen molar-refractivity contribution < 1.29 is 8.83 Å². The van der Waals surface area contributed by atoms with Gasteiger partial charge in [0.1, 0.15) is 5.58 Å². The van der Waals surface area contributed by atoms with Crippen LogP contribution in [0.3, 0.4) is 0 Å². The van der Waals surface area contributed by atoms with Gasteiger partial charge < -0.3 is 14.2 Å². The number of furan rings is 1. The summed E-state index contributed by atoms with van der Waals surface area (Å²) in [7, 11) is 2.02. The lowest BCUT2D eigenvalue weighted by atomic mass is 9.86. The van der Waals surface area contributed by atoms with E-state index in [0.29, 0.717) is 34.5 Å². The zero-order valence-electron chi connectivity index (χ0n) is 12.9. The van der Waals surface area contributed by atoms with E-state index in [0.717, 1.165) is 36.7 Å². The maximum atomic E-state index is 6.01. The molecule has 0 spiro atoms. The topological polar surface area (TPSA) is 64.1 Å². The molecule has 1 aromatic carbocycles. The van der Waals surface area contributed by atoms with Gasteiger partial charge in [0.15, 0.2) is 5.76 Å². The first kappa shape index (κ1) is 14.7. The molecule has 6 heteroatoms. The van der Waals surface area contributed by atoms with E-state index in [1.54, 1.807) is 6.07 Å². The third-order valence-corrected chi connectivity index (χ3v) is 4.85. The molecule has 0 radical (unpaired) electrons. The highest BCUT2D eigenvalue weighted by molar-refractivity contribution is 6.31. The molecule has 1 fully saturated rings. The second-order valence-electron chi connectivity index (χ2n) is 6.08. The van der Waals surface area contributed by atoms with Crippen molar-refractivity contribution in [2.24, 2.45) is 0 Å². The number of benzene rings is 1. The Labute approximate surface area is 139 Å². The minimum absolute atomic E-state index is 0.347. The zero-order valence-corrected chi connectivity index (χ0v) is 13.6. The van der Waals surface area contributed by atoms with Crippen LogP contribution < -0.4 is 5.32 Å². The highest BCUT2D eigenvalue weighted by Gasteiger charge is 2.26. The summed E-state index contributed by atoms with van der Waals surface area (Å²) in [6, 6.07) is 8.00. The van der Waals surface area contributed by atoms with Gasteiger partial charge in [-0.2, -0.15) is 0 Å². The van der Waals surface area contributed by atoms with Gasteiger partial charge in [0.2, 0.25) is 5.89 Å². The van der Waals surface area contributed by atoms with Crippen LogP contribution in [0.2, 0.25) is 5.02 Å². The summed E-state index contributed by atoms with van der Waals surface area (Å²) in [6.45, 7) is 0. The molecule has 23 heavy (non-hydrogen) atoms. The van der Waals surface area contributed by atoms with E-state index in [1.807, 2.05) is 25.2 Å². The Morgan fingerprint density at radius 2 is 1.91 bits per heavy atom. The number of aromatic nitrogens is 2. The second kappa shape index (κ2) is 5.98.